The SMILES string of the molecule is O=C(O)c1ccc(=O)n(CCc2ccccc2)c1. The molecular formula is C14H13NO3. The van der Waals surface area contributed by atoms with Gasteiger partial charge in [-0.25, -0.2) is 4.79 Å². The highest BCUT2D eigenvalue weighted by Gasteiger charge is 2.05. The molecule has 0 bridgehead atoms. The van der Waals surface area contributed by atoms with E-state index in [4.69, 9.17) is 5.11 Å². The molecule has 0 aliphatic rings. The molecule has 0 amide bonds. The van der Waals surface area contributed by atoms with Crippen LogP contribution in [0.3, 0.4) is 0 Å². The van der Waals surface area contributed by atoms with Crippen LogP contribution in [-0.2, 0) is 13.0 Å². The van der Waals surface area contributed by atoms with Gasteiger partial charge < -0.3 is 9.67 Å². The number of nitrogens with zero attached hydrogens (tertiary/aromatic N) is 1. The van der Waals surface area contributed by atoms with Crippen molar-refractivity contribution in [1.29, 1.82) is 0 Å². The molecule has 1 aromatic carbocycles. The molecule has 92 valence electrons. The number of carboxylic acid groups (broad SMARTS) is 1. The molecule has 1 N–H and O–H groups in total. The van der Waals surface area contributed by atoms with E-state index >= 15 is 0 Å². The lowest BCUT2D eigenvalue weighted by molar-refractivity contribution is 0.0696. The molecule has 0 saturated carbocycles. The van der Waals surface area contributed by atoms with Crippen LogP contribution in [-0.4, -0.2) is 15.6 Å². The maximum Gasteiger partial charge on any atom is 0.337 e. The van der Waals surface area contributed by atoms with Crippen molar-refractivity contribution in [2.75, 3.05) is 0 Å². The zero-order chi connectivity index (χ0) is 13.0. The van der Waals surface area contributed by atoms with Gasteiger partial charge in [-0.2, -0.15) is 0 Å². The molecule has 0 radical (unpaired) electrons. The molecule has 0 saturated heterocycles. The number of carboxylic acids is 1. The number of aromatic nitrogens is 1. The normalized spacial score (nSPS) is 10.2. The predicted molar refractivity (Wildman–Crippen MR) is 67.8 cm³/mol. The molecule has 2 rings (SSSR count). The summed E-state index contributed by atoms with van der Waals surface area (Å²) >= 11 is 0. The first-order valence-corrected chi connectivity index (χ1v) is 5.64. The molecule has 1 heterocycles. The van der Waals surface area contributed by atoms with Gasteiger partial charge in [0.1, 0.15) is 0 Å². The molecule has 2 aromatic rings. The van der Waals surface area contributed by atoms with Crippen LogP contribution in [0.2, 0.25) is 0 Å². The largest absolute Gasteiger partial charge is 0.478 e. The van der Waals surface area contributed by atoms with Gasteiger partial charge in [-0.05, 0) is 18.1 Å². The van der Waals surface area contributed by atoms with Crippen molar-refractivity contribution in [3.63, 3.8) is 0 Å². The highest BCUT2D eigenvalue weighted by molar-refractivity contribution is 5.87. The van der Waals surface area contributed by atoms with Gasteiger partial charge in [0.15, 0.2) is 0 Å². The molecule has 18 heavy (non-hydrogen) atoms. The fourth-order valence-electron chi connectivity index (χ4n) is 1.73. The zero-order valence-corrected chi connectivity index (χ0v) is 9.74. The molecule has 1 aromatic heterocycles. The van der Waals surface area contributed by atoms with Crippen LogP contribution in [0.4, 0.5) is 0 Å². The first kappa shape index (κ1) is 12.1. The van der Waals surface area contributed by atoms with Crippen LogP contribution >= 0.6 is 0 Å². The number of benzene rings is 1. The van der Waals surface area contributed by atoms with E-state index in [1.807, 2.05) is 30.3 Å². The standard InChI is InChI=1S/C14H13NO3/c16-13-7-6-12(14(17)18)10-15(13)9-8-11-4-2-1-3-5-11/h1-7,10H,8-9H2,(H,17,18). The van der Waals surface area contributed by atoms with E-state index in [9.17, 15) is 9.59 Å². The summed E-state index contributed by atoms with van der Waals surface area (Å²) in [5, 5.41) is 8.87. The summed E-state index contributed by atoms with van der Waals surface area (Å²) in [6.45, 7) is 0.476. The number of pyridine rings is 1. The van der Waals surface area contributed by atoms with E-state index in [-0.39, 0.29) is 11.1 Å². The Hall–Kier alpha value is -2.36. The molecule has 4 nitrogen and oxygen atoms in total. The highest BCUT2D eigenvalue weighted by Crippen LogP contribution is 2.02. The van der Waals surface area contributed by atoms with E-state index in [1.54, 1.807) is 0 Å². The minimum absolute atomic E-state index is 0.127. The number of aromatic carboxylic acids is 1. The van der Waals surface area contributed by atoms with Gasteiger partial charge in [0.05, 0.1) is 5.56 Å². The minimum atomic E-state index is -1.02. The highest BCUT2D eigenvalue weighted by atomic mass is 16.4. The van der Waals surface area contributed by atoms with Crippen LogP contribution in [0.1, 0.15) is 15.9 Å². The summed E-state index contributed by atoms with van der Waals surface area (Å²) in [6.07, 6.45) is 2.08. The van der Waals surface area contributed by atoms with Gasteiger partial charge in [0.25, 0.3) is 5.56 Å². The van der Waals surface area contributed by atoms with Crippen molar-refractivity contribution in [2.45, 2.75) is 13.0 Å². The van der Waals surface area contributed by atoms with Crippen molar-refractivity contribution in [3.05, 3.63) is 70.1 Å². The second kappa shape index (κ2) is 5.31. The Morgan fingerprint density at radius 3 is 2.50 bits per heavy atom. The smallest absolute Gasteiger partial charge is 0.337 e. The van der Waals surface area contributed by atoms with E-state index in [0.717, 1.165) is 5.56 Å². The summed E-state index contributed by atoms with van der Waals surface area (Å²) in [7, 11) is 0. The maximum atomic E-state index is 11.6. The lowest BCUT2D eigenvalue weighted by Gasteiger charge is -2.06. The van der Waals surface area contributed by atoms with E-state index < -0.39 is 5.97 Å². The van der Waals surface area contributed by atoms with Crippen LogP contribution in [0, 0.1) is 0 Å². The van der Waals surface area contributed by atoms with Crippen molar-refractivity contribution in [2.24, 2.45) is 0 Å². The summed E-state index contributed by atoms with van der Waals surface area (Å²) in [5.74, 6) is -1.02. The first-order valence-electron chi connectivity index (χ1n) is 5.64. The van der Waals surface area contributed by atoms with Crippen molar-refractivity contribution < 1.29 is 9.90 Å². The number of rotatable bonds is 4. The Morgan fingerprint density at radius 1 is 1.11 bits per heavy atom. The average molecular weight is 243 g/mol. The van der Waals surface area contributed by atoms with Gasteiger partial charge >= 0.3 is 5.97 Å². The Labute approximate surface area is 104 Å². The summed E-state index contributed by atoms with van der Waals surface area (Å²) < 4.78 is 1.43. The first-order chi connectivity index (χ1) is 8.66. The number of aryl methyl sites for hydroxylation is 2. The average Bonchev–Trinajstić information content (AvgIpc) is 2.38. The topological polar surface area (TPSA) is 59.3 Å². The summed E-state index contributed by atoms with van der Waals surface area (Å²) in [4.78, 5) is 22.4. The predicted octanol–water partition coefficient (Wildman–Crippen LogP) is 1.79. The maximum absolute atomic E-state index is 11.6. The van der Waals surface area contributed by atoms with Gasteiger partial charge in [-0.1, -0.05) is 30.3 Å². The van der Waals surface area contributed by atoms with E-state index in [2.05, 4.69) is 0 Å². The van der Waals surface area contributed by atoms with Crippen LogP contribution < -0.4 is 5.56 Å². The molecular weight excluding hydrogens is 230 g/mol. The van der Waals surface area contributed by atoms with Crippen molar-refractivity contribution >= 4 is 5.97 Å². The lowest BCUT2D eigenvalue weighted by atomic mass is 10.1. The quantitative estimate of drug-likeness (QED) is 0.890. The lowest BCUT2D eigenvalue weighted by Crippen LogP contribution is -2.21. The molecule has 0 aliphatic carbocycles. The molecule has 4 heteroatoms. The fourth-order valence-corrected chi connectivity index (χ4v) is 1.73. The Balaban J connectivity index is 2.16. The number of hydrogen-bond acceptors (Lipinski definition) is 2. The third-order valence-corrected chi connectivity index (χ3v) is 2.71. The second-order valence-electron chi connectivity index (χ2n) is 3.99. The molecule has 0 fully saturated rings. The fraction of sp³-hybridized carbons (Fsp3) is 0.143. The van der Waals surface area contributed by atoms with Gasteiger partial charge in [-0.15, -0.1) is 0 Å². The number of hydrogen-bond donors (Lipinski definition) is 1. The Kier molecular flexibility index (Phi) is 3.57. The van der Waals surface area contributed by atoms with Crippen LogP contribution in [0.5, 0.6) is 0 Å². The third-order valence-electron chi connectivity index (χ3n) is 2.71. The van der Waals surface area contributed by atoms with Crippen LogP contribution in [0.25, 0.3) is 0 Å². The van der Waals surface area contributed by atoms with Gasteiger partial charge in [0, 0.05) is 18.8 Å². The van der Waals surface area contributed by atoms with Gasteiger partial charge in [0.2, 0.25) is 0 Å². The summed E-state index contributed by atoms with van der Waals surface area (Å²) in [5.41, 5.74) is 1.06. The van der Waals surface area contributed by atoms with Crippen molar-refractivity contribution in [3.8, 4) is 0 Å². The summed E-state index contributed by atoms with van der Waals surface area (Å²) in [6, 6.07) is 12.4. The monoisotopic (exact) mass is 243 g/mol. The molecule has 0 spiro atoms. The number of carbonyl (C=O) groups is 1. The molecule has 0 unspecified atom stereocenters. The molecule has 0 aliphatic heterocycles. The van der Waals surface area contributed by atoms with E-state index in [1.165, 1.54) is 22.9 Å². The zero-order valence-electron chi connectivity index (χ0n) is 9.74. The Bertz CT molecular complexity index is 602. The molecule has 0 atom stereocenters. The van der Waals surface area contributed by atoms with Gasteiger partial charge in [-0.3, -0.25) is 4.79 Å². The van der Waals surface area contributed by atoms with E-state index in [0.29, 0.717) is 13.0 Å². The Morgan fingerprint density at radius 2 is 1.83 bits per heavy atom. The van der Waals surface area contributed by atoms with Crippen molar-refractivity contribution in [1.82, 2.24) is 4.57 Å². The minimum Gasteiger partial charge on any atom is -0.478 e. The second-order valence-corrected chi connectivity index (χ2v) is 3.99. The van der Waals surface area contributed by atoms with Crippen LogP contribution in [0.15, 0.2) is 53.5 Å². The third kappa shape index (κ3) is 2.85.